The molecule has 2 aromatic rings. The van der Waals surface area contributed by atoms with Gasteiger partial charge in [0.15, 0.2) is 0 Å². The van der Waals surface area contributed by atoms with Crippen molar-refractivity contribution < 1.29 is 0 Å². The number of fused-ring (bicyclic) bond motifs is 1. The maximum absolute atomic E-state index is 6.15. The van der Waals surface area contributed by atoms with Crippen LogP contribution in [0.1, 0.15) is 11.4 Å². The lowest BCUT2D eigenvalue weighted by atomic mass is 10.1. The Morgan fingerprint density at radius 2 is 2.29 bits per heavy atom. The molecule has 1 aliphatic heterocycles. The molecule has 0 radical (unpaired) electrons. The second-order valence-corrected chi connectivity index (χ2v) is 5.79. The van der Waals surface area contributed by atoms with Crippen molar-refractivity contribution in [3.63, 3.8) is 0 Å². The van der Waals surface area contributed by atoms with E-state index in [1.165, 1.54) is 10.3 Å². The highest BCUT2D eigenvalue weighted by Crippen LogP contribution is 2.33. The summed E-state index contributed by atoms with van der Waals surface area (Å²) in [5, 5.41) is 1.87. The van der Waals surface area contributed by atoms with Gasteiger partial charge in [-0.25, -0.2) is 4.98 Å². The molecule has 88 valence electrons. The van der Waals surface area contributed by atoms with Gasteiger partial charge in [-0.15, -0.1) is 11.3 Å². The summed E-state index contributed by atoms with van der Waals surface area (Å²) in [5.74, 6) is 0. The van der Waals surface area contributed by atoms with Crippen molar-refractivity contribution in [3.05, 3.63) is 34.3 Å². The van der Waals surface area contributed by atoms with E-state index in [4.69, 9.17) is 11.6 Å². The summed E-state index contributed by atoms with van der Waals surface area (Å²) in [4.78, 5) is 6.97. The summed E-state index contributed by atoms with van der Waals surface area (Å²) in [6.45, 7) is 2.12. The van der Waals surface area contributed by atoms with E-state index in [0.717, 1.165) is 35.1 Å². The molecule has 0 aliphatic carbocycles. The minimum absolute atomic E-state index is 0.749. The van der Waals surface area contributed by atoms with Crippen LogP contribution in [-0.4, -0.2) is 30.0 Å². The highest BCUT2D eigenvalue weighted by atomic mass is 35.5. The molecule has 2 heterocycles. The lowest BCUT2D eigenvalue weighted by Gasteiger charge is -2.20. The first-order valence-corrected chi connectivity index (χ1v) is 6.86. The van der Waals surface area contributed by atoms with Crippen molar-refractivity contribution in [2.75, 3.05) is 20.1 Å². The Kier molecular flexibility index (Phi) is 2.90. The predicted octanol–water partition coefficient (Wildman–Crippen LogP) is 3.67. The standard InChI is InChI=1S/C13H13ClN2S/c1-16-7-5-9(6-8-16)13-15-12-10(14)3-2-4-11(12)17-13/h2-5H,6-8H2,1H3. The van der Waals surface area contributed by atoms with Gasteiger partial charge in [-0.1, -0.05) is 23.7 Å². The molecule has 0 saturated heterocycles. The normalized spacial score (nSPS) is 17.4. The van der Waals surface area contributed by atoms with Gasteiger partial charge in [0.05, 0.1) is 9.72 Å². The first kappa shape index (κ1) is 11.2. The first-order valence-electron chi connectivity index (χ1n) is 5.67. The maximum atomic E-state index is 6.15. The number of halogens is 1. The van der Waals surface area contributed by atoms with Crippen LogP contribution in [-0.2, 0) is 0 Å². The molecule has 2 nitrogen and oxygen atoms in total. The molecule has 0 N–H and O–H groups in total. The van der Waals surface area contributed by atoms with Crippen LogP contribution in [0, 0.1) is 0 Å². The highest BCUT2D eigenvalue weighted by molar-refractivity contribution is 7.19. The fraction of sp³-hybridized carbons (Fsp3) is 0.308. The fourth-order valence-corrected chi connectivity index (χ4v) is 3.35. The van der Waals surface area contributed by atoms with Crippen molar-refractivity contribution in [1.29, 1.82) is 0 Å². The molecule has 0 bridgehead atoms. The molecule has 3 rings (SSSR count). The van der Waals surface area contributed by atoms with Gasteiger partial charge in [-0.05, 0) is 31.2 Å². The second kappa shape index (κ2) is 4.41. The number of likely N-dealkylation sites (N-methyl/N-ethyl adjacent to an activating group) is 1. The van der Waals surface area contributed by atoms with Gasteiger partial charge >= 0.3 is 0 Å². The summed E-state index contributed by atoms with van der Waals surface area (Å²) in [7, 11) is 2.14. The van der Waals surface area contributed by atoms with E-state index < -0.39 is 0 Å². The van der Waals surface area contributed by atoms with E-state index in [0.29, 0.717) is 0 Å². The number of benzene rings is 1. The van der Waals surface area contributed by atoms with Crippen molar-refractivity contribution in [2.24, 2.45) is 0 Å². The van der Waals surface area contributed by atoms with Crippen LogP contribution >= 0.6 is 22.9 Å². The van der Waals surface area contributed by atoms with E-state index in [2.05, 4.69) is 29.1 Å². The van der Waals surface area contributed by atoms with Crippen molar-refractivity contribution >= 4 is 38.7 Å². The van der Waals surface area contributed by atoms with Crippen LogP contribution in [0.4, 0.5) is 0 Å². The summed E-state index contributed by atoms with van der Waals surface area (Å²) in [6, 6.07) is 5.96. The number of aromatic nitrogens is 1. The first-order chi connectivity index (χ1) is 8.24. The average molecular weight is 265 g/mol. The zero-order chi connectivity index (χ0) is 11.8. The minimum Gasteiger partial charge on any atom is -0.302 e. The van der Waals surface area contributed by atoms with Crippen molar-refractivity contribution in [2.45, 2.75) is 6.42 Å². The SMILES string of the molecule is CN1CC=C(c2nc3c(Cl)cccc3s2)CC1. The summed E-state index contributed by atoms with van der Waals surface area (Å²) in [5.41, 5.74) is 2.30. The van der Waals surface area contributed by atoms with Gasteiger partial charge in [0, 0.05) is 13.1 Å². The third kappa shape index (κ3) is 2.10. The molecule has 0 spiro atoms. The fourth-order valence-electron chi connectivity index (χ4n) is 2.02. The number of rotatable bonds is 1. The maximum Gasteiger partial charge on any atom is 0.120 e. The Bertz CT molecular complexity index is 588. The molecule has 0 amide bonds. The topological polar surface area (TPSA) is 16.1 Å². The Labute approximate surface area is 110 Å². The molecule has 1 aliphatic rings. The van der Waals surface area contributed by atoms with Crippen LogP contribution in [0.15, 0.2) is 24.3 Å². The predicted molar refractivity (Wildman–Crippen MR) is 74.7 cm³/mol. The van der Waals surface area contributed by atoms with Gasteiger partial charge in [-0.2, -0.15) is 0 Å². The van der Waals surface area contributed by atoms with Gasteiger partial charge in [-0.3, -0.25) is 0 Å². The average Bonchev–Trinajstić information content (AvgIpc) is 2.75. The number of hydrogen-bond donors (Lipinski definition) is 0. The highest BCUT2D eigenvalue weighted by Gasteiger charge is 2.14. The third-order valence-electron chi connectivity index (χ3n) is 3.06. The van der Waals surface area contributed by atoms with Crippen LogP contribution < -0.4 is 0 Å². The minimum atomic E-state index is 0.749. The van der Waals surface area contributed by atoms with E-state index in [1.54, 1.807) is 11.3 Å². The van der Waals surface area contributed by atoms with E-state index in [-0.39, 0.29) is 0 Å². The molecule has 0 saturated carbocycles. The Hall–Kier alpha value is -0.900. The van der Waals surface area contributed by atoms with Crippen molar-refractivity contribution in [3.8, 4) is 0 Å². The molecule has 17 heavy (non-hydrogen) atoms. The molecule has 0 atom stereocenters. The van der Waals surface area contributed by atoms with Gasteiger partial charge in [0.25, 0.3) is 0 Å². The van der Waals surface area contributed by atoms with E-state index in [1.807, 2.05) is 12.1 Å². The molecule has 1 aromatic carbocycles. The molecule has 0 unspecified atom stereocenters. The number of hydrogen-bond acceptors (Lipinski definition) is 3. The van der Waals surface area contributed by atoms with Gasteiger partial charge in [0.2, 0.25) is 0 Å². The van der Waals surface area contributed by atoms with Crippen LogP contribution in [0.3, 0.4) is 0 Å². The largest absolute Gasteiger partial charge is 0.302 e. The molecular formula is C13H13ClN2S. The third-order valence-corrected chi connectivity index (χ3v) is 4.46. The van der Waals surface area contributed by atoms with Crippen LogP contribution in [0.5, 0.6) is 0 Å². The molecule has 1 aromatic heterocycles. The molecular weight excluding hydrogens is 252 g/mol. The summed E-state index contributed by atoms with van der Waals surface area (Å²) in [6.07, 6.45) is 3.35. The number of thiazole rings is 1. The molecule has 4 heteroatoms. The summed E-state index contributed by atoms with van der Waals surface area (Å²) >= 11 is 7.89. The lowest BCUT2D eigenvalue weighted by molar-refractivity contribution is 0.370. The monoisotopic (exact) mass is 264 g/mol. The number of para-hydroxylation sites is 1. The zero-order valence-electron chi connectivity index (χ0n) is 9.61. The Balaban J connectivity index is 2.04. The van der Waals surface area contributed by atoms with E-state index >= 15 is 0 Å². The second-order valence-electron chi connectivity index (χ2n) is 4.35. The van der Waals surface area contributed by atoms with Crippen LogP contribution in [0.25, 0.3) is 15.8 Å². The summed E-state index contributed by atoms with van der Waals surface area (Å²) < 4.78 is 1.17. The van der Waals surface area contributed by atoms with Crippen molar-refractivity contribution in [1.82, 2.24) is 9.88 Å². The van der Waals surface area contributed by atoms with E-state index in [9.17, 15) is 0 Å². The smallest absolute Gasteiger partial charge is 0.120 e. The van der Waals surface area contributed by atoms with Gasteiger partial charge in [0.1, 0.15) is 10.5 Å². The Morgan fingerprint density at radius 3 is 3.00 bits per heavy atom. The molecule has 0 fully saturated rings. The van der Waals surface area contributed by atoms with Crippen LogP contribution in [0.2, 0.25) is 5.02 Å². The zero-order valence-corrected chi connectivity index (χ0v) is 11.2. The van der Waals surface area contributed by atoms with Gasteiger partial charge < -0.3 is 4.90 Å². The Morgan fingerprint density at radius 1 is 1.41 bits per heavy atom. The lowest BCUT2D eigenvalue weighted by Crippen LogP contribution is -2.23. The quantitative estimate of drug-likeness (QED) is 0.781. The number of nitrogens with zero attached hydrogens (tertiary/aromatic N) is 2.